The number of hydrogen-bond acceptors (Lipinski definition) is 2. The zero-order valence-electron chi connectivity index (χ0n) is 9.63. The van der Waals surface area contributed by atoms with Gasteiger partial charge in [-0.25, -0.2) is 0 Å². The van der Waals surface area contributed by atoms with E-state index in [1.165, 1.54) is 0 Å². The summed E-state index contributed by atoms with van der Waals surface area (Å²) in [6.07, 6.45) is 5.34. The molecule has 0 amide bonds. The molecule has 0 aliphatic heterocycles. The van der Waals surface area contributed by atoms with Crippen molar-refractivity contribution in [1.29, 1.82) is 0 Å². The molecule has 2 rings (SSSR count). The molecule has 0 saturated heterocycles. The van der Waals surface area contributed by atoms with E-state index < -0.39 is 0 Å². The molecule has 2 aromatic heterocycles. The van der Waals surface area contributed by atoms with Gasteiger partial charge in [0, 0.05) is 0 Å². The van der Waals surface area contributed by atoms with Gasteiger partial charge in [0.2, 0.25) is 0 Å². The molecule has 2 nitrogen and oxygen atoms in total. The van der Waals surface area contributed by atoms with E-state index in [4.69, 9.17) is 8.83 Å². The maximum absolute atomic E-state index is 5.22. The standard InChI is InChI=1S/C11H10O2.2Li/c1-11(2,9-5-3-7-12-9)10-6-4-8-13-10;;/h3-6H,1-2H3;;/q-2;2*+1. The van der Waals surface area contributed by atoms with Crippen LogP contribution in [0.25, 0.3) is 0 Å². The van der Waals surface area contributed by atoms with Crippen molar-refractivity contribution in [2.24, 2.45) is 0 Å². The van der Waals surface area contributed by atoms with E-state index in [1.807, 2.05) is 26.0 Å². The fraction of sp³-hybridized carbons (Fsp3) is 0.273. The molecule has 0 atom stereocenters. The molecule has 0 aliphatic rings. The SMILES string of the molecule is CC(C)(c1cc[c-]o1)c1cc[c-]o1.[Li+].[Li+]. The second-order valence-electron chi connectivity index (χ2n) is 3.46. The average Bonchev–Trinajstić information content (AvgIpc) is 2.78. The Morgan fingerprint density at radius 3 is 1.60 bits per heavy atom. The van der Waals surface area contributed by atoms with Crippen molar-refractivity contribution in [2.45, 2.75) is 19.3 Å². The van der Waals surface area contributed by atoms with E-state index in [0.29, 0.717) is 0 Å². The van der Waals surface area contributed by atoms with Crippen LogP contribution in [-0.2, 0) is 5.41 Å². The third-order valence-electron chi connectivity index (χ3n) is 2.18. The van der Waals surface area contributed by atoms with Gasteiger partial charge in [-0.05, 0) is 17.9 Å². The molecular weight excluding hydrogens is 178 g/mol. The maximum atomic E-state index is 5.22. The Kier molecular flexibility index (Phi) is 5.64. The van der Waals surface area contributed by atoms with Crippen molar-refractivity contribution in [3.05, 3.63) is 48.3 Å². The molecule has 0 saturated carbocycles. The van der Waals surface area contributed by atoms with Crippen LogP contribution >= 0.6 is 0 Å². The Hall–Kier alpha value is -0.245. The molecular formula is C11H10Li2O2. The van der Waals surface area contributed by atoms with Gasteiger partial charge in [0.25, 0.3) is 0 Å². The average molecular weight is 188 g/mol. The van der Waals surface area contributed by atoms with E-state index in [9.17, 15) is 0 Å². The van der Waals surface area contributed by atoms with Gasteiger partial charge in [-0.15, -0.1) is 12.1 Å². The van der Waals surface area contributed by atoms with E-state index >= 15 is 0 Å². The topological polar surface area (TPSA) is 26.3 Å². The van der Waals surface area contributed by atoms with Crippen LogP contribution in [0.2, 0.25) is 0 Å². The molecule has 0 N–H and O–H groups in total. The quantitative estimate of drug-likeness (QED) is 0.366. The predicted octanol–water partition coefficient (Wildman–Crippen LogP) is -3.19. The second kappa shape index (κ2) is 5.73. The number of rotatable bonds is 2. The van der Waals surface area contributed by atoms with Gasteiger partial charge in [0.05, 0.1) is 0 Å². The second-order valence-corrected chi connectivity index (χ2v) is 3.46. The first kappa shape index (κ1) is 14.8. The first-order chi connectivity index (χ1) is 6.21. The maximum Gasteiger partial charge on any atom is 1.00 e. The number of hydrogen-bond donors (Lipinski definition) is 0. The van der Waals surface area contributed by atoms with Crippen molar-refractivity contribution in [3.8, 4) is 0 Å². The summed E-state index contributed by atoms with van der Waals surface area (Å²) in [7, 11) is 0. The summed E-state index contributed by atoms with van der Waals surface area (Å²) in [5.41, 5.74) is -0.250. The van der Waals surface area contributed by atoms with Crippen molar-refractivity contribution in [1.82, 2.24) is 0 Å². The molecule has 0 bridgehead atoms. The van der Waals surface area contributed by atoms with Crippen molar-refractivity contribution >= 4 is 0 Å². The number of furan rings is 2. The molecule has 0 radical (unpaired) electrons. The fourth-order valence-electron chi connectivity index (χ4n) is 1.28. The molecule has 0 aromatic carbocycles. The van der Waals surface area contributed by atoms with Crippen LogP contribution in [0, 0.1) is 12.5 Å². The minimum atomic E-state index is -0.250. The molecule has 68 valence electrons. The first-order valence-corrected chi connectivity index (χ1v) is 4.14. The molecule has 0 aliphatic carbocycles. The van der Waals surface area contributed by atoms with E-state index in [2.05, 4.69) is 12.5 Å². The Bertz CT molecular complexity index is 327. The first-order valence-electron chi connectivity index (χ1n) is 4.14. The van der Waals surface area contributed by atoms with Gasteiger partial charge in [-0.1, -0.05) is 25.4 Å². The molecule has 2 aromatic rings. The summed E-state index contributed by atoms with van der Waals surface area (Å²) >= 11 is 0. The van der Waals surface area contributed by atoms with E-state index in [0.717, 1.165) is 11.5 Å². The van der Waals surface area contributed by atoms with Crippen LogP contribution in [0.1, 0.15) is 25.4 Å². The normalized spacial score (nSPS) is 10.3. The Morgan fingerprint density at radius 1 is 0.933 bits per heavy atom. The molecule has 2 heterocycles. The van der Waals surface area contributed by atoms with Gasteiger partial charge in [0.15, 0.2) is 0 Å². The van der Waals surface area contributed by atoms with Crippen LogP contribution in [0.4, 0.5) is 0 Å². The molecule has 15 heavy (non-hydrogen) atoms. The van der Waals surface area contributed by atoms with Gasteiger partial charge in [-0.3, -0.25) is 0 Å². The summed E-state index contributed by atoms with van der Waals surface area (Å²) in [6, 6.07) is 7.29. The largest absolute Gasteiger partial charge is 1.00 e. The Balaban J connectivity index is 0.000000980. The smallest absolute Gasteiger partial charge is 0.596 e. The van der Waals surface area contributed by atoms with Crippen LogP contribution in [0.3, 0.4) is 0 Å². The van der Waals surface area contributed by atoms with Crippen LogP contribution < -0.4 is 37.7 Å². The minimum absolute atomic E-state index is 0. The monoisotopic (exact) mass is 188 g/mol. The van der Waals surface area contributed by atoms with Crippen LogP contribution in [0.15, 0.2) is 33.1 Å². The summed E-state index contributed by atoms with van der Waals surface area (Å²) in [5.74, 6) is 1.69. The summed E-state index contributed by atoms with van der Waals surface area (Å²) in [4.78, 5) is 0. The van der Waals surface area contributed by atoms with Gasteiger partial charge in [0.1, 0.15) is 0 Å². The van der Waals surface area contributed by atoms with Gasteiger partial charge >= 0.3 is 37.7 Å². The fourth-order valence-corrected chi connectivity index (χ4v) is 1.28. The third-order valence-corrected chi connectivity index (χ3v) is 2.18. The van der Waals surface area contributed by atoms with Crippen LogP contribution in [-0.4, -0.2) is 0 Å². The zero-order chi connectivity index (χ0) is 9.31. The van der Waals surface area contributed by atoms with E-state index in [-0.39, 0.29) is 43.1 Å². The summed E-state index contributed by atoms with van der Waals surface area (Å²) in [5, 5.41) is 0. The zero-order valence-corrected chi connectivity index (χ0v) is 9.63. The Morgan fingerprint density at radius 2 is 1.33 bits per heavy atom. The van der Waals surface area contributed by atoms with E-state index in [1.54, 1.807) is 12.1 Å². The minimum Gasteiger partial charge on any atom is -0.596 e. The summed E-state index contributed by atoms with van der Waals surface area (Å²) in [6.45, 7) is 4.07. The molecule has 4 heteroatoms. The molecule has 0 unspecified atom stereocenters. The summed E-state index contributed by atoms with van der Waals surface area (Å²) < 4.78 is 10.4. The Labute approximate surface area is 114 Å². The van der Waals surface area contributed by atoms with Crippen molar-refractivity contribution < 1.29 is 46.6 Å². The van der Waals surface area contributed by atoms with Crippen molar-refractivity contribution in [2.75, 3.05) is 0 Å². The molecule has 0 spiro atoms. The van der Waals surface area contributed by atoms with Gasteiger partial charge < -0.3 is 8.83 Å². The van der Waals surface area contributed by atoms with Crippen LogP contribution in [0.5, 0.6) is 0 Å². The molecule has 0 fully saturated rings. The third kappa shape index (κ3) is 2.87. The van der Waals surface area contributed by atoms with Crippen molar-refractivity contribution in [3.63, 3.8) is 0 Å². The predicted molar refractivity (Wildman–Crippen MR) is 47.2 cm³/mol. The van der Waals surface area contributed by atoms with Gasteiger partial charge in [-0.2, -0.15) is 12.1 Å².